The maximum absolute atomic E-state index is 13.1. The number of hydrogen-bond acceptors (Lipinski definition) is 8. The van der Waals surface area contributed by atoms with E-state index in [1.54, 1.807) is 30.6 Å². The van der Waals surface area contributed by atoms with Gasteiger partial charge in [0.05, 0.1) is 38.3 Å². The van der Waals surface area contributed by atoms with Crippen LogP contribution in [-0.2, 0) is 0 Å². The van der Waals surface area contributed by atoms with Gasteiger partial charge in [-0.25, -0.2) is 14.4 Å². The molecule has 0 saturated carbocycles. The van der Waals surface area contributed by atoms with Crippen LogP contribution in [0.25, 0.3) is 0 Å². The van der Waals surface area contributed by atoms with Gasteiger partial charge in [0.1, 0.15) is 11.5 Å². The van der Waals surface area contributed by atoms with Crippen LogP contribution >= 0.6 is 0 Å². The highest BCUT2D eigenvalue weighted by molar-refractivity contribution is 5.62. The molecule has 0 bridgehead atoms. The summed E-state index contributed by atoms with van der Waals surface area (Å²) in [6.07, 6.45) is 4.35. The van der Waals surface area contributed by atoms with E-state index in [4.69, 9.17) is 9.47 Å². The highest BCUT2D eigenvalue weighted by Gasteiger charge is 2.14. The molecule has 140 valence electrons. The summed E-state index contributed by atoms with van der Waals surface area (Å²) in [6.45, 7) is 1.89. The van der Waals surface area contributed by atoms with Crippen LogP contribution < -0.4 is 20.1 Å². The molecular formula is C18H19FN6O2. The molecule has 0 aromatic carbocycles. The third-order valence-corrected chi connectivity index (χ3v) is 3.73. The average molecular weight is 370 g/mol. The lowest BCUT2D eigenvalue weighted by molar-refractivity contribution is 0.400. The Morgan fingerprint density at radius 1 is 1.04 bits per heavy atom. The fourth-order valence-corrected chi connectivity index (χ4v) is 2.38. The quantitative estimate of drug-likeness (QED) is 0.654. The third kappa shape index (κ3) is 4.38. The van der Waals surface area contributed by atoms with Crippen LogP contribution in [0.3, 0.4) is 0 Å². The van der Waals surface area contributed by atoms with Gasteiger partial charge in [-0.05, 0) is 31.2 Å². The molecule has 3 heterocycles. The minimum Gasteiger partial charge on any atom is -0.491 e. The highest BCUT2D eigenvalue weighted by atomic mass is 19.1. The molecular weight excluding hydrogens is 351 g/mol. The second kappa shape index (κ2) is 8.26. The monoisotopic (exact) mass is 370 g/mol. The number of halogens is 1. The lowest BCUT2D eigenvalue weighted by atomic mass is 10.2. The summed E-state index contributed by atoms with van der Waals surface area (Å²) in [7, 11) is 3.06. The number of pyridine rings is 2. The first-order valence-electron chi connectivity index (χ1n) is 8.15. The summed E-state index contributed by atoms with van der Waals surface area (Å²) in [5.74, 6) is 1.31. The van der Waals surface area contributed by atoms with Gasteiger partial charge in [-0.15, -0.1) is 0 Å². The number of rotatable bonds is 7. The van der Waals surface area contributed by atoms with Crippen LogP contribution in [-0.4, -0.2) is 34.2 Å². The summed E-state index contributed by atoms with van der Waals surface area (Å²) in [5, 5.41) is 6.27. The molecule has 3 rings (SSSR count). The number of nitrogens with one attached hydrogen (secondary N) is 2. The molecule has 0 aliphatic rings. The Bertz CT molecular complexity index is 907. The van der Waals surface area contributed by atoms with Crippen molar-refractivity contribution < 1.29 is 13.9 Å². The Kier molecular flexibility index (Phi) is 5.60. The zero-order valence-electron chi connectivity index (χ0n) is 15.1. The van der Waals surface area contributed by atoms with Gasteiger partial charge in [-0.1, -0.05) is 0 Å². The smallest absolute Gasteiger partial charge is 0.237 e. The van der Waals surface area contributed by atoms with Crippen LogP contribution in [0, 0.1) is 5.82 Å². The third-order valence-electron chi connectivity index (χ3n) is 3.73. The van der Waals surface area contributed by atoms with E-state index < -0.39 is 0 Å². The topological polar surface area (TPSA) is 94.1 Å². The standard InChI is InChI=1S/C18H19FN6O2/c1-11(13-7-6-12(19)9-21-13)23-16-15(26-2)10-22-18(25-16)24-14-5-4-8-20-17(14)27-3/h4-11H,1-3H3,(H2,22,23,24,25). The van der Waals surface area contributed by atoms with Crippen LogP contribution in [0.5, 0.6) is 11.6 Å². The van der Waals surface area contributed by atoms with Crippen LogP contribution in [0.4, 0.5) is 21.8 Å². The predicted octanol–water partition coefficient (Wildman–Crippen LogP) is 3.34. The molecule has 0 aliphatic heterocycles. The van der Waals surface area contributed by atoms with Crippen molar-refractivity contribution in [3.05, 3.63) is 54.4 Å². The molecule has 27 heavy (non-hydrogen) atoms. The molecule has 0 radical (unpaired) electrons. The van der Waals surface area contributed by atoms with E-state index in [2.05, 4.69) is 30.6 Å². The normalized spacial score (nSPS) is 11.6. The van der Waals surface area contributed by atoms with E-state index in [-0.39, 0.29) is 11.9 Å². The lowest BCUT2D eigenvalue weighted by Crippen LogP contribution is -2.12. The average Bonchev–Trinajstić information content (AvgIpc) is 2.69. The molecule has 1 atom stereocenters. The number of methoxy groups -OCH3 is 2. The van der Waals surface area contributed by atoms with Gasteiger partial charge < -0.3 is 20.1 Å². The second-order valence-corrected chi connectivity index (χ2v) is 5.56. The molecule has 3 aromatic heterocycles. The van der Waals surface area contributed by atoms with E-state index >= 15 is 0 Å². The Morgan fingerprint density at radius 2 is 1.89 bits per heavy atom. The fraction of sp³-hybridized carbons (Fsp3) is 0.222. The van der Waals surface area contributed by atoms with Crippen molar-refractivity contribution in [2.75, 3.05) is 24.9 Å². The van der Waals surface area contributed by atoms with E-state index in [0.717, 1.165) is 0 Å². The Balaban J connectivity index is 1.84. The van der Waals surface area contributed by atoms with Gasteiger partial charge in [0.15, 0.2) is 11.6 Å². The van der Waals surface area contributed by atoms with Crippen LogP contribution in [0.2, 0.25) is 0 Å². The number of hydrogen-bond donors (Lipinski definition) is 2. The first kappa shape index (κ1) is 18.3. The van der Waals surface area contributed by atoms with Gasteiger partial charge in [-0.2, -0.15) is 4.98 Å². The molecule has 2 N–H and O–H groups in total. The van der Waals surface area contributed by atoms with Crippen molar-refractivity contribution >= 4 is 17.5 Å². The highest BCUT2D eigenvalue weighted by Crippen LogP contribution is 2.28. The largest absolute Gasteiger partial charge is 0.491 e. The molecule has 3 aromatic rings. The first-order chi connectivity index (χ1) is 13.1. The first-order valence-corrected chi connectivity index (χ1v) is 8.15. The van der Waals surface area contributed by atoms with Gasteiger partial charge >= 0.3 is 0 Å². The van der Waals surface area contributed by atoms with Crippen molar-refractivity contribution in [2.24, 2.45) is 0 Å². The van der Waals surface area contributed by atoms with Crippen molar-refractivity contribution in [3.8, 4) is 11.6 Å². The van der Waals surface area contributed by atoms with Gasteiger partial charge in [-0.3, -0.25) is 4.98 Å². The molecule has 0 saturated heterocycles. The number of aromatic nitrogens is 4. The van der Waals surface area contributed by atoms with E-state index in [1.165, 1.54) is 26.5 Å². The van der Waals surface area contributed by atoms with Gasteiger partial charge in [0.25, 0.3) is 0 Å². The lowest BCUT2D eigenvalue weighted by Gasteiger charge is -2.17. The van der Waals surface area contributed by atoms with Gasteiger partial charge in [0.2, 0.25) is 11.8 Å². The summed E-state index contributed by atoms with van der Waals surface area (Å²) in [5.41, 5.74) is 1.30. The summed E-state index contributed by atoms with van der Waals surface area (Å²) in [6, 6.07) is 6.32. The molecule has 0 amide bonds. The zero-order valence-corrected chi connectivity index (χ0v) is 15.1. The number of ether oxygens (including phenoxy) is 2. The zero-order chi connectivity index (χ0) is 19.2. The fourth-order valence-electron chi connectivity index (χ4n) is 2.38. The molecule has 0 spiro atoms. The minimum atomic E-state index is -0.387. The van der Waals surface area contributed by atoms with Crippen molar-refractivity contribution in [1.82, 2.24) is 19.9 Å². The van der Waals surface area contributed by atoms with Crippen molar-refractivity contribution in [2.45, 2.75) is 13.0 Å². The predicted molar refractivity (Wildman–Crippen MR) is 98.9 cm³/mol. The Hall–Kier alpha value is -3.49. The summed E-state index contributed by atoms with van der Waals surface area (Å²) < 4.78 is 23.6. The molecule has 0 fully saturated rings. The SMILES string of the molecule is COc1cnc(Nc2cccnc2OC)nc1NC(C)c1ccc(F)cn1. The Labute approximate surface area is 155 Å². The minimum absolute atomic E-state index is 0.227. The number of anilines is 3. The summed E-state index contributed by atoms with van der Waals surface area (Å²) in [4.78, 5) is 16.9. The molecule has 0 aliphatic carbocycles. The van der Waals surface area contributed by atoms with Gasteiger partial charge in [0, 0.05) is 6.20 Å². The second-order valence-electron chi connectivity index (χ2n) is 5.56. The molecule has 8 nitrogen and oxygen atoms in total. The van der Waals surface area contributed by atoms with E-state index in [0.29, 0.717) is 34.8 Å². The number of nitrogens with zero attached hydrogens (tertiary/aromatic N) is 4. The molecule has 1 unspecified atom stereocenters. The van der Waals surface area contributed by atoms with E-state index in [9.17, 15) is 4.39 Å². The van der Waals surface area contributed by atoms with Crippen molar-refractivity contribution in [3.63, 3.8) is 0 Å². The Morgan fingerprint density at radius 3 is 2.59 bits per heavy atom. The van der Waals surface area contributed by atoms with Crippen LogP contribution in [0.15, 0.2) is 42.9 Å². The maximum Gasteiger partial charge on any atom is 0.237 e. The molecule has 9 heteroatoms. The maximum atomic E-state index is 13.1. The van der Waals surface area contributed by atoms with Crippen LogP contribution in [0.1, 0.15) is 18.7 Å². The van der Waals surface area contributed by atoms with E-state index in [1.807, 2.05) is 6.92 Å². The van der Waals surface area contributed by atoms with Crippen molar-refractivity contribution in [1.29, 1.82) is 0 Å². The summed E-state index contributed by atoms with van der Waals surface area (Å²) >= 11 is 0.